The van der Waals surface area contributed by atoms with Crippen molar-refractivity contribution in [2.45, 2.75) is 18.2 Å². The largest absolute Gasteiger partial charge is 0.493 e. The molecular formula is C25H27N5O5. The van der Waals surface area contributed by atoms with Gasteiger partial charge in [0.25, 0.3) is 0 Å². The Kier molecular flexibility index (Phi) is 6.46. The lowest BCUT2D eigenvalue weighted by Crippen LogP contribution is -2.42. The molecule has 0 bridgehead atoms. The quantitative estimate of drug-likeness (QED) is 0.606. The van der Waals surface area contributed by atoms with Crippen molar-refractivity contribution in [1.82, 2.24) is 15.8 Å². The summed E-state index contributed by atoms with van der Waals surface area (Å²) >= 11 is 0. The van der Waals surface area contributed by atoms with Crippen LogP contribution in [0.4, 0.5) is 4.79 Å². The molecule has 0 radical (unpaired) electrons. The first-order valence-electron chi connectivity index (χ1n) is 11.5. The van der Waals surface area contributed by atoms with E-state index in [-0.39, 0.29) is 23.8 Å². The summed E-state index contributed by atoms with van der Waals surface area (Å²) in [6.07, 6.45) is -0.896. The number of nitriles is 1. The molecule has 3 aliphatic rings. The van der Waals surface area contributed by atoms with E-state index in [1.54, 1.807) is 17.0 Å². The zero-order chi connectivity index (χ0) is 24.4. The van der Waals surface area contributed by atoms with E-state index >= 15 is 0 Å². The summed E-state index contributed by atoms with van der Waals surface area (Å²) < 4.78 is 22.4. The SMILES string of the molecule is COc1cc(C2C(C#N)=C(N)OC3NNC(c4ccccc4)C32)ccc1OC(=O)N1CCOCC1. The van der Waals surface area contributed by atoms with Gasteiger partial charge in [-0.3, -0.25) is 0 Å². The highest BCUT2D eigenvalue weighted by Crippen LogP contribution is 2.48. The fraction of sp³-hybridized carbons (Fsp3) is 0.360. The topological polar surface area (TPSA) is 131 Å². The number of hydrogen-bond donors (Lipinski definition) is 3. The van der Waals surface area contributed by atoms with E-state index in [4.69, 9.17) is 24.7 Å². The van der Waals surface area contributed by atoms with Gasteiger partial charge in [0.1, 0.15) is 6.07 Å². The summed E-state index contributed by atoms with van der Waals surface area (Å²) in [5.41, 5.74) is 14.8. The van der Waals surface area contributed by atoms with Crippen molar-refractivity contribution in [2.24, 2.45) is 11.7 Å². The average molecular weight is 478 g/mol. The average Bonchev–Trinajstić information content (AvgIpc) is 3.32. The van der Waals surface area contributed by atoms with Crippen molar-refractivity contribution in [3.8, 4) is 17.6 Å². The van der Waals surface area contributed by atoms with Gasteiger partial charge in [0.05, 0.1) is 31.9 Å². The molecule has 0 spiro atoms. The number of rotatable bonds is 4. The van der Waals surface area contributed by atoms with Crippen LogP contribution < -0.4 is 26.1 Å². The van der Waals surface area contributed by atoms with Gasteiger partial charge < -0.3 is 29.6 Å². The maximum absolute atomic E-state index is 12.6. The number of allylic oxidation sites excluding steroid dienone is 1. The molecule has 2 saturated heterocycles. The summed E-state index contributed by atoms with van der Waals surface area (Å²) in [6, 6.07) is 17.4. The van der Waals surface area contributed by atoms with Crippen LogP contribution in [-0.2, 0) is 9.47 Å². The minimum Gasteiger partial charge on any atom is -0.493 e. The Morgan fingerprint density at radius 1 is 1.11 bits per heavy atom. The van der Waals surface area contributed by atoms with Crippen LogP contribution in [0.2, 0.25) is 0 Å². The summed E-state index contributed by atoms with van der Waals surface area (Å²) in [7, 11) is 1.51. The lowest BCUT2D eigenvalue weighted by Gasteiger charge is -2.36. The molecular weight excluding hydrogens is 450 g/mol. The molecule has 4 atom stereocenters. The molecule has 10 heteroatoms. The smallest absolute Gasteiger partial charge is 0.415 e. The van der Waals surface area contributed by atoms with Crippen molar-refractivity contribution in [2.75, 3.05) is 33.4 Å². The number of hydrogen-bond acceptors (Lipinski definition) is 9. The minimum atomic E-state index is -0.458. The normalized spacial score (nSPS) is 25.9. The van der Waals surface area contributed by atoms with Crippen LogP contribution in [-0.4, -0.2) is 50.6 Å². The lowest BCUT2D eigenvalue weighted by molar-refractivity contribution is 0.0340. The van der Waals surface area contributed by atoms with Gasteiger partial charge in [-0.25, -0.2) is 15.6 Å². The summed E-state index contributed by atoms with van der Waals surface area (Å²) in [4.78, 5) is 14.2. The van der Waals surface area contributed by atoms with E-state index in [2.05, 4.69) is 16.9 Å². The fourth-order valence-electron chi connectivity index (χ4n) is 4.91. The van der Waals surface area contributed by atoms with E-state index in [9.17, 15) is 10.1 Å². The van der Waals surface area contributed by atoms with Crippen molar-refractivity contribution in [3.63, 3.8) is 0 Å². The Morgan fingerprint density at radius 2 is 1.89 bits per heavy atom. The monoisotopic (exact) mass is 477 g/mol. The third-order valence-corrected chi connectivity index (χ3v) is 6.62. The molecule has 4 unspecified atom stereocenters. The Hall–Kier alpha value is -3.78. The summed E-state index contributed by atoms with van der Waals surface area (Å²) in [5.74, 6) is 0.214. The fourth-order valence-corrected chi connectivity index (χ4v) is 4.91. The molecule has 1 amide bonds. The number of nitrogens with two attached hydrogens (primary N) is 1. The first-order valence-corrected chi connectivity index (χ1v) is 11.5. The van der Waals surface area contributed by atoms with Crippen LogP contribution >= 0.6 is 0 Å². The van der Waals surface area contributed by atoms with E-state index in [1.165, 1.54) is 7.11 Å². The maximum Gasteiger partial charge on any atom is 0.415 e. The molecule has 2 fully saturated rings. The molecule has 35 heavy (non-hydrogen) atoms. The van der Waals surface area contributed by atoms with E-state index in [1.807, 2.05) is 36.4 Å². The zero-order valence-electron chi connectivity index (χ0n) is 19.3. The number of morpholine rings is 1. The number of nitrogens with zero attached hydrogens (tertiary/aromatic N) is 2. The second kappa shape index (κ2) is 9.84. The van der Waals surface area contributed by atoms with Crippen molar-refractivity contribution in [3.05, 3.63) is 71.1 Å². The number of ether oxygens (including phenoxy) is 4. The van der Waals surface area contributed by atoms with Crippen LogP contribution in [0.5, 0.6) is 11.5 Å². The highest BCUT2D eigenvalue weighted by atomic mass is 16.6. The number of methoxy groups -OCH3 is 1. The summed E-state index contributed by atoms with van der Waals surface area (Å²) in [5, 5.41) is 9.99. The predicted octanol–water partition coefficient (Wildman–Crippen LogP) is 2.13. The van der Waals surface area contributed by atoms with Crippen LogP contribution in [0.15, 0.2) is 60.0 Å². The Labute approximate surface area is 203 Å². The van der Waals surface area contributed by atoms with E-state index in [0.29, 0.717) is 43.4 Å². The first-order chi connectivity index (χ1) is 17.1. The van der Waals surface area contributed by atoms with Gasteiger partial charge in [-0.15, -0.1) is 0 Å². The number of amides is 1. The van der Waals surface area contributed by atoms with Crippen molar-refractivity contribution < 1.29 is 23.7 Å². The molecule has 0 aromatic heterocycles. The molecule has 10 nitrogen and oxygen atoms in total. The van der Waals surface area contributed by atoms with Crippen molar-refractivity contribution >= 4 is 6.09 Å². The minimum absolute atomic E-state index is 0.0866. The molecule has 2 aromatic rings. The number of nitrogens with one attached hydrogen (secondary N) is 2. The van der Waals surface area contributed by atoms with Gasteiger partial charge >= 0.3 is 6.09 Å². The molecule has 2 aromatic carbocycles. The van der Waals surface area contributed by atoms with Crippen LogP contribution in [0.3, 0.4) is 0 Å². The molecule has 0 aliphatic carbocycles. The van der Waals surface area contributed by atoms with Crippen LogP contribution in [0, 0.1) is 17.2 Å². The molecule has 182 valence electrons. The van der Waals surface area contributed by atoms with Crippen LogP contribution in [0.1, 0.15) is 23.1 Å². The first kappa shape index (κ1) is 23.0. The van der Waals surface area contributed by atoms with Gasteiger partial charge in [-0.1, -0.05) is 36.4 Å². The van der Waals surface area contributed by atoms with Crippen molar-refractivity contribution in [1.29, 1.82) is 5.26 Å². The molecule has 3 heterocycles. The Bertz CT molecular complexity index is 1160. The van der Waals surface area contributed by atoms with Gasteiger partial charge in [0.2, 0.25) is 5.88 Å². The highest BCUT2D eigenvalue weighted by Gasteiger charge is 2.49. The molecule has 0 saturated carbocycles. The molecule has 3 aliphatic heterocycles. The Balaban J connectivity index is 1.49. The van der Waals surface area contributed by atoms with E-state index in [0.717, 1.165) is 11.1 Å². The number of hydrazine groups is 1. The third kappa shape index (κ3) is 4.37. The second-order valence-corrected chi connectivity index (χ2v) is 8.54. The predicted molar refractivity (Wildman–Crippen MR) is 125 cm³/mol. The highest BCUT2D eigenvalue weighted by molar-refractivity contribution is 5.72. The van der Waals surface area contributed by atoms with Crippen LogP contribution in [0.25, 0.3) is 0 Å². The maximum atomic E-state index is 12.6. The van der Waals surface area contributed by atoms with Gasteiger partial charge in [-0.2, -0.15) is 5.26 Å². The number of benzene rings is 2. The second-order valence-electron chi connectivity index (χ2n) is 8.54. The summed E-state index contributed by atoms with van der Waals surface area (Å²) in [6.45, 7) is 1.90. The van der Waals surface area contributed by atoms with Gasteiger partial charge in [-0.05, 0) is 23.3 Å². The number of carbonyl (C=O) groups is 1. The van der Waals surface area contributed by atoms with Gasteiger partial charge in [0, 0.05) is 24.9 Å². The van der Waals surface area contributed by atoms with Gasteiger partial charge in [0.15, 0.2) is 17.7 Å². The molecule has 4 N–H and O–H groups in total. The number of carbonyl (C=O) groups excluding carboxylic acids is 1. The lowest BCUT2D eigenvalue weighted by atomic mass is 9.74. The number of fused-ring (bicyclic) bond motifs is 1. The Morgan fingerprint density at radius 3 is 2.60 bits per heavy atom. The molecule has 5 rings (SSSR count). The zero-order valence-corrected chi connectivity index (χ0v) is 19.3. The third-order valence-electron chi connectivity index (χ3n) is 6.62. The van der Waals surface area contributed by atoms with E-state index < -0.39 is 12.3 Å². The standard InChI is InChI=1S/C25H27N5O5/c1-32-19-13-16(7-8-18(19)34-25(31)30-9-11-33-12-10-30)20-17(14-26)23(27)35-24-21(20)22(28-29-24)15-5-3-2-4-6-15/h2-8,13,20-22,24,28-29H,9-12,27H2,1H3.